The third-order valence-corrected chi connectivity index (χ3v) is 7.85. The van der Waals surface area contributed by atoms with E-state index < -0.39 is 17.4 Å². The Labute approximate surface area is 185 Å². The maximum Gasteiger partial charge on any atom is 0.413 e. The molecule has 0 bridgehead atoms. The van der Waals surface area contributed by atoms with Gasteiger partial charge in [-0.05, 0) is 45.3 Å². The predicted octanol–water partition coefficient (Wildman–Crippen LogP) is 4.28. The number of halogens is 3. The summed E-state index contributed by atoms with van der Waals surface area (Å²) in [6, 6.07) is 0. The van der Waals surface area contributed by atoms with Crippen LogP contribution in [0.15, 0.2) is 16.6 Å². The highest BCUT2D eigenvalue weighted by atomic mass is 32.2. The molecule has 3 heterocycles. The van der Waals surface area contributed by atoms with Crippen molar-refractivity contribution in [3.63, 3.8) is 0 Å². The number of carbonyl (C=O) groups is 1. The van der Waals surface area contributed by atoms with Gasteiger partial charge in [0.25, 0.3) is 0 Å². The van der Waals surface area contributed by atoms with E-state index in [0.717, 1.165) is 5.57 Å². The van der Waals surface area contributed by atoms with Crippen LogP contribution in [0.4, 0.5) is 13.2 Å². The average molecular weight is 473 g/mol. The van der Waals surface area contributed by atoms with Crippen molar-refractivity contribution in [2.45, 2.75) is 57.6 Å². The number of imidazole rings is 1. The Morgan fingerprint density at radius 3 is 2.55 bits per heavy atom. The van der Waals surface area contributed by atoms with E-state index in [2.05, 4.69) is 10.1 Å². The number of aryl methyl sites for hydroxylation is 1. The van der Waals surface area contributed by atoms with Gasteiger partial charge in [0.2, 0.25) is 10.9 Å². The van der Waals surface area contributed by atoms with Crippen molar-refractivity contribution in [3.8, 4) is 0 Å². The van der Waals surface area contributed by atoms with Crippen molar-refractivity contribution in [1.82, 2.24) is 19.5 Å². The molecule has 1 saturated heterocycles. The summed E-state index contributed by atoms with van der Waals surface area (Å²) >= 11 is 2.45. The highest BCUT2D eigenvalue weighted by Crippen LogP contribution is 2.45. The molecule has 1 N–H and O–H groups in total. The Morgan fingerprint density at radius 2 is 1.97 bits per heavy atom. The van der Waals surface area contributed by atoms with Crippen LogP contribution in [0.3, 0.4) is 0 Å². The van der Waals surface area contributed by atoms with E-state index in [-0.39, 0.29) is 28.9 Å². The molecule has 6 nitrogen and oxygen atoms in total. The van der Waals surface area contributed by atoms with E-state index in [1.165, 1.54) is 30.0 Å². The maximum atomic E-state index is 13.7. The maximum absolute atomic E-state index is 13.7. The summed E-state index contributed by atoms with van der Waals surface area (Å²) in [6.45, 7) is 7.45. The second kappa shape index (κ2) is 7.63. The molecule has 0 unspecified atom stereocenters. The first kappa shape index (κ1) is 22.3. The lowest BCUT2D eigenvalue weighted by Gasteiger charge is -2.39. The van der Waals surface area contributed by atoms with Crippen molar-refractivity contribution in [2.24, 2.45) is 0 Å². The monoisotopic (exact) mass is 472 g/mol. The van der Waals surface area contributed by atoms with Gasteiger partial charge in [0.15, 0.2) is 0 Å². The predicted molar refractivity (Wildman–Crippen MR) is 115 cm³/mol. The number of amides is 1. The molecule has 0 atom stereocenters. The molecule has 0 saturated carbocycles. The highest BCUT2D eigenvalue weighted by Gasteiger charge is 2.40. The van der Waals surface area contributed by atoms with Gasteiger partial charge in [-0.25, -0.2) is 9.50 Å². The van der Waals surface area contributed by atoms with Crippen molar-refractivity contribution in [1.29, 1.82) is 0 Å². The third-order valence-electron chi connectivity index (χ3n) is 5.38. The minimum absolute atomic E-state index is 0.0560. The van der Waals surface area contributed by atoms with E-state index in [4.69, 9.17) is 0 Å². The van der Waals surface area contributed by atoms with Crippen molar-refractivity contribution in [2.75, 3.05) is 13.1 Å². The molecular formula is C20H23F3N4O2S2. The van der Waals surface area contributed by atoms with Crippen molar-refractivity contribution < 1.29 is 23.1 Å². The Balaban J connectivity index is 1.71. The van der Waals surface area contributed by atoms with E-state index in [9.17, 15) is 23.1 Å². The van der Waals surface area contributed by atoms with Crippen LogP contribution < -0.4 is 0 Å². The lowest BCUT2D eigenvalue weighted by atomic mass is 9.95. The van der Waals surface area contributed by atoms with Crippen LogP contribution >= 0.6 is 23.1 Å². The number of hydrogen-bond acceptors (Lipinski definition) is 6. The Kier molecular flexibility index (Phi) is 5.50. The second-order valence-electron chi connectivity index (χ2n) is 8.38. The van der Waals surface area contributed by atoms with Gasteiger partial charge in [-0.2, -0.15) is 18.3 Å². The topological polar surface area (TPSA) is 70.7 Å². The Morgan fingerprint density at radius 1 is 1.29 bits per heavy atom. The standard InChI is InChI=1S/C20H23F3N4O2S2/c1-10-16(27-18(24-10)31-17(25-27)19(3,4)29)12-5-6-14(20(21,22)23)15(7-12)30-13-8-26(9-13)11(2)28/h7,13,29H,5-6,8-9H2,1-4H3. The van der Waals surface area contributed by atoms with Crippen LogP contribution in [0.1, 0.15) is 50.0 Å². The molecule has 0 spiro atoms. The van der Waals surface area contributed by atoms with Gasteiger partial charge in [-0.15, -0.1) is 11.8 Å². The fourth-order valence-electron chi connectivity index (χ4n) is 3.69. The fourth-order valence-corrected chi connectivity index (χ4v) is 6.07. The number of hydrogen-bond donors (Lipinski definition) is 1. The van der Waals surface area contributed by atoms with Gasteiger partial charge in [0, 0.05) is 35.7 Å². The zero-order chi connectivity index (χ0) is 22.7. The first-order chi connectivity index (χ1) is 14.3. The molecule has 2 aliphatic rings. The van der Waals surface area contributed by atoms with Gasteiger partial charge in [-0.1, -0.05) is 11.3 Å². The Hall–Kier alpha value is -1.85. The highest BCUT2D eigenvalue weighted by molar-refractivity contribution is 8.04. The summed E-state index contributed by atoms with van der Waals surface area (Å²) in [5, 5.41) is 15.2. The van der Waals surface area contributed by atoms with E-state index in [1.807, 2.05) is 6.92 Å². The van der Waals surface area contributed by atoms with Gasteiger partial charge in [-0.3, -0.25) is 4.79 Å². The van der Waals surface area contributed by atoms with Crippen LogP contribution in [-0.4, -0.2) is 55.0 Å². The van der Waals surface area contributed by atoms with Gasteiger partial charge in [0.05, 0.1) is 11.4 Å². The molecule has 2 aromatic rings. The van der Waals surface area contributed by atoms with Crippen LogP contribution in [-0.2, 0) is 10.4 Å². The summed E-state index contributed by atoms with van der Waals surface area (Å²) in [5.74, 6) is -0.0647. The SMILES string of the molecule is CC(=O)N1CC(SC2=C(C(F)(F)F)CCC(c3c(C)nc4sc(C(C)(C)O)nn34)=C2)C1. The summed E-state index contributed by atoms with van der Waals surface area (Å²) in [7, 11) is 0. The van der Waals surface area contributed by atoms with Crippen LogP contribution in [0.2, 0.25) is 0 Å². The lowest BCUT2D eigenvalue weighted by Crippen LogP contribution is -2.51. The number of aliphatic hydroxyl groups is 1. The van der Waals surface area contributed by atoms with Crippen molar-refractivity contribution >= 4 is 39.5 Å². The number of aromatic nitrogens is 3. The molecule has 1 aliphatic heterocycles. The summed E-state index contributed by atoms with van der Waals surface area (Å²) in [6.07, 6.45) is -2.68. The molecule has 0 aromatic carbocycles. The minimum atomic E-state index is -4.40. The molecule has 1 fully saturated rings. The summed E-state index contributed by atoms with van der Waals surface area (Å²) in [4.78, 5) is 18.3. The first-order valence-corrected chi connectivity index (χ1v) is 11.6. The number of alkyl halides is 3. The zero-order valence-electron chi connectivity index (χ0n) is 17.6. The first-order valence-electron chi connectivity index (χ1n) is 9.87. The van der Waals surface area contributed by atoms with Gasteiger partial charge < -0.3 is 10.0 Å². The summed E-state index contributed by atoms with van der Waals surface area (Å²) < 4.78 is 42.7. The number of rotatable bonds is 4. The van der Waals surface area contributed by atoms with Crippen LogP contribution in [0.5, 0.6) is 0 Å². The molecule has 2 aromatic heterocycles. The van der Waals surface area contributed by atoms with Crippen molar-refractivity contribution in [3.05, 3.63) is 32.9 Å². The normalized spacial score (nSPS) is 18.6. The molecule has 11 heteroatoms. The largest absolute Gasteiger partial charge is 0.413 e. The quantitative estimate of drug-likeness (QED) is 0.719. The second-order valence-corrected chi connectivity index (χ2v) is 10.7. The number of fused-ring (bicyclic) bond motifs is 1. The Bertz CT molecular complexity index is 1100. The summed E-state index contributed by atoms with van der Waals surface area (Å²) in [5.41, 5.74) is 0.472. The molecule has 168 valence electrons. The minimum Gasteiger partial charge on any atom is -0.383 e. The molecule has 1 aliphatic carbocycles. The molecule has 4 rings (SSSR count). The van der Waals surface area contributed by atoms with Crippen LogP contribution in [0.25, 0.3) is 10.5 Å². The van der Waals surface area contributed by atoms with Gasteiger partial charge >= 0.3 is 6.18 Å². The fraction of sp³-hybridized carbons (Fsp3) is 0.550. The number of likely N-dealkylation sites (tertiary alicyclic amines) is 1. The van der Waals surface area contributed by atoms with Gasteiger partial charge in [0.1, 0.15) is 10.6 Å². The number of nitrogens with zero attached hydrogens (tertiary/aromatic N) is 4. The number of thioether (sulfide) groups is 1. The third kappa shape index (κ3) is 4.27. The van der Waals surface area contributed by atoms with E-state index in [0.29, 0.717) is 34.4 Å². The molecule has 31 heavy (non-hydrogen) atoms. The number of carbonyl (C=O) groups excluding carboxylic acids is 1. The molecule has 0 radical (unpaired) electrons. The zero-order valence-corrected chi connectivity index (χ0v) is 19.2. The number of allylic oxidation sites excluding steroid dienone is 3. The van der Waals surface area contributed by atoms with Crippen LogP contribution in [0, 0.1) is 6.92 Å². The average Bonchev–Trinajstić information content (AvgIpc) is 3.12. The van der Waals surface area contributed by atoms with E-state index in [1.54, 1.807) is 29.3 Å². The lowest BCUT2D eigenvalue weighted by molar-refractivity contribution is -0.131. The molecular weight excluding hydrogens is 449 g/mol. The molecule has 1 amide bonds. The smallest absolute Gasteiger partial charge is 0.383 e. The van der Waals surface area contributed by atoms with E-state index >= 15 is 0 Å².